The van der Waals surface area contributed by atoms with Crippen molar-refractivity contribution in [3.8, 4) is 27.4 Å². The lowest BCUT2D eigenvalue weighted by molar-refractivity contribution is 0.0697. The molecule has 0 saturated carbocycles. The van der Waals surface area contributed by atoms with E-state index in [0.717, 1.165) is 26.8 Å². The third-order valence-electron chi connectivity index (χ3n) is 6.10. The van der Waals surface area contributed by atoms with Crippen molar-refractivity contribution >= 4 is 33.0 Å². The maximum atomic E-state index is 13.9. The van der Waals surface area contributed by atoms with E-state index in [1.165, 1.54) is 30.3 Å². The van der Waals surface area contributed by atoms with Gasteiger partial charge in [-0.3, -0.25) is 14.1 Å². The molecule has 0 fully saturated rings. The number of sulfonamides is 1. The predicted molar refractivity (Wildman–Crippen MR) is 151 cm³/mol. The number of aromatic amines is 1. The summed E-state index contributed by atoms with van der Waals surface area (Å²) >= 11 is 0.866. The van der Waals surface area contributed by atoms with Gasteiger partial charge in [0.2, 0.25) is 5.88 Å². The summed E-state index contributed by atoms with van der Waals surface area (Å²) in [6, 6.07) is 28.6. The average molecular weight is 559 g/mol. The third-order valence-corrected chi connectivity index (χ3v) is 8.81. The Morgan fingerprint density at radius 2 is 1.46 bits per heavy atom. The number of carboxylic acid groups (broad SMARTS) is 1. The predicted octanol–water partition coefficient (Wildman–Crippen LogP) is 5.57. The van der Waals surface area contributed by atoms with E-state index < -0.39 is 16.0 Å². The van der Waals surface area contributed by atoms with Gasteiger partial charge in [0.25, 0.3) is 10.0 Å². The number of nitrogens with one attached hydrogen (secondary N) is 1. The van der Waals surface area contributed by atoms with Crippen LogP contribution in [0.3, 0.4) is 0 Å². The Bertz CT molecular complexity index is 1790. The van der Waals surface area contributed by atoms with Gasteiger partial charge in [-0.25, -0.2) is 13.2 Å². The topological polar surface area (TPSA) is 128 Å². The van der Waals surface area contributed by atoms with E-state index in [-0.39, 0.29) is 33.4 Å². The molecule has 0 atom stereocenters. The van der Waals surface area contributed by atoms with Gasteiger partial charge < -0.3 is 10.2 Å². The number of rotatable bonds is 8. The van der Waals surface area contributed by atoms with Gasteiger partial charge in [-0.15, -0.1) is 0 Å². The Kier molecular flexibility index (Phi) is 7.05. The van der Waals surface area contributed by atoms with Crippen LogP contribution in [0.15, 0.2) is 113 Å². The highest BCUT2D eigenvalue weighted by Crippen LogP contribution is 2.32. The number of hydrogen-bond donors (Lipinski definition) is 3. The number of aromatic hydroxyl groups is 1. The van der Waals surface area contributed by atoms with Crippen molar-refractivity contribution in [2.24, 2.45) is 0 Å². The van der Waals surface area contributed by atoms with Gasteiger partial charge >= 0.3 is 10.8 Å². The lowest BCUT2D eigenvalue weighted by Crippen LogP contribution is -2.30. The number of nitrogens with zero attached hydrogens (tertiary/aromatic N) is 1. The highest BCUT2D eigenvalue weighted by molar-refractivity contribution is 7.92. The summed E-state index contributed by atoms with van der Waals surface area (Å²) < 4.78 is 29.0. The van der Waals surface area contributed by atoms with Gasteiger partial charge in [-0.05, 0) is 52.6 Å². The van der Waals surface area contributed by atoms with Gasteiger partial charge in [0.1, 0.15) is 0 Å². The summed E-state index contributed by atoms with van der Waals surface area (Å²) in [5, 5.41) is 19.5. The summed E-state index contributed by atoms with van der Waals surface area (Å²) in [7, 11) is -4.10. The molecule has 8 nitrogen and oxygen atoms in total. The van der Waals surface area contributed by atoms with Crippen molar-refractivity contribution in [3.05, 3.63) is 124 Å². The van der Waals surface area contributed by atoms with E-state index in [1.807, 2.05) is 30.3 Å². The molecule has 4 aromatic carbocycles. The molecule has 0 spiro atoms. The Hall–Kier alpha value is -4.67. The molecule has 0 aliphatic carbocycles. The maximum absolute atomic E-state index is 13.9. The number of H-pyrrole nitrogens is 1. The Labute approximate surface area is 228 Å². The van der Waals surface area contributed by atoms with Gasteiger partial charge in [-0.2, -0.15) is 0 Å². The SMILES string of the molecule is O=C(O)c1cccc(N(Cc2ccc(-c3sc(=O)[nH]c3O)cc2)S(=O)(=O)c2ccc(-c3ccccc3)cc2)c1. The monoisotopic (exact) mass is 558 g/mol. The first-order valence-electron chi connectivity index (χ1n) is 11.8. The zero-order chi connectivity index (χ0) is 27.6. The molecule has 0 amide bonds. The average Bonchev–Trinajstić information content (AvgIpc) is 3.30. The van der Waals surface area contributed by atoms with E-state index in [4.69, 9.17) is 0 Å². The van der Waals surface area contributed by atoms with Crippen molar-refractivity contribution in [2.75, 3.05) is 4.31 Å². The largest absolute Gasteiger partial charge is 0.493 e. The van der Waals surface area contributed by atoms with E-state index >= 15 is 0 Å². The Morgan fingerprint density at radius 3 is 2.08 bits per heavy atom. The number of aromatic nitrogens is 1. The molecule has 0 radical (unpaired) electrons. The molecular weight excluding hydrogens is 536 g/mol. The summed E-state index contributed by atoms with van der Waals surface area (Å²) in [6.07, 6.45) is 0. The molecule has 1 aromatic heterocycles. The van der Waals surface area contributed by atoms with Crippen molar-refractivity contribution in [1.29, 1.82) is 0 Å². The minimum Gasteiger partial charge on any atom is -0.493 e. The summed E-state index contributed by atoms with van der Waals surface area (Å²) in [5.74, 6) is -1.40. The quantitative estimate of drug-likeness (QED) is 0.228. The van der Waals surface area contributed by atoms with Crippen LogP contribution in [0.5, 0.6) is 5.88 Å². The van der Waals surface area contributed by atoms with Crippen LogP contribution >= 0.6 is 11.3 Å². The second-order valence-electron chi connectivity index (χ2n) is 8.65. The van der Waals surface area contributed by atoms with Crippen molar-refractivity contribution in [1.82, 2.24) is 4.98 Å². The summed E-state index contributed by atoms with van der Waals surface area (Å²) in [6.45, 7) is -0.0819. The Morgan fingerprint density at radius 1 is 0.821 bits per heavy atom. The van der Waals surface area contributed by atoms with Gasteiger partial charge in [0.05, 0.1) is 27.6 Å². The second kappa shape index (κ2) is 10.6. The molecule has 0 bridgehead atoms. The van der Waals surface area contributed by atoms with E-state index in [2.05, 4.69) is 4.98 Å². The van der Waals surface area contributed by atoms with Crippen LogP contribution in [0, 0.1) is 0 Å². The summed E-state index contributed by atoms with van der Waals surface area (Å²) in [4.78, 5) is 25.5. The van der Waals surface area contributed by atoms with E-state index in [1.54, 1.807) is 42.5 Å². The number of aromatic carboxylic acids is 1. The molecule has 0 unspecified atom stereocenters. The van der Waals surface area contributed by atoms with E-state index in [9.17, 15) is 28.2 Å². The van der Waals surface area contributed by atoms with Crippen molar-refractivity contribution in [3.63, 3.8) is 0 Å². The standard InChI is InChI=1S/C29H22N2O6S2/c32-27-26(38-29(35)30-27)22-11-9-19(10-12-22)18-31(24-8-4-7-23(17-24)28(33)34)39(36,37)25-15-13-21(14-16-25)20-5-2-1-3-6-20/h1-17,32H,18H2,(H,30,35)(H,33,34). The van der Waals surface area contributed by atoms with Crippen LogP contribution in [0.25, 0.3) is 21.6 Å². The minimum absolute atomic E-state index is 0.0414. The molecule has 196 valence electrons. The third kappa shape index (κ3) is 5.47. The molecule has 0 aliphatic rings. The van der Waals surface area contributed by atoms with Crippen LogP contribution in [-0.4, -0.2) is 29.6 Å². The molecule has 0 aliphatic heterocycles. The lowest BCUT2D eigenvalue weighted by Gasteiger charge is -2.25. The number of benzene rings is 4. The van der Waals surface area contributed by atoms with Crippen LogP contribution < -0.4 is 9.18 Å². The van der Waals surface area contributed by atoms with Gasteiger partial charge in [-0.1, -0.05) is 84.1 Å². The van der Waals surface area contributed by atoms with Crippen LogP contribution in [0.4, 0.5) is 5.69 Å². The zero-order valence-corrected chi connectivity index (χ0v) is 21.9. The fourth-order valence-corrected chi connectivity index (χ4v) is 6.31. The fraction of sp³-hybridized carbons (Fsp3) is 0.0345. The molecule has 5 aromatic rings. The molecule has 1 heterocycles. The number of hydrogen-bond acceptors (Lipinski definition) is 6. The van der Waals surface area contributed by atoms with Crippen LogP contribution in [0.2, 0.25) is 0 Å². The maximum Gasteiger partial charge on any atom is 0.335 e. The Balaban J connectivity index is 1.52. The highest BCUT2D eigenvalue weighted by Gasteiger charge is 2.26. The van der Waals surface area contributed by atoms with E-state index in [0.29, 0.717) is 16.0 Å². The van der Waals surface area contributed by atoms with Crippen molar-refractivity contribution in [2.45, 2.75) is 11.4 Å². The fourth-order valence-electron chi connectivity index (χ4n) is 4.13. The molecular formula is C29H22N2O6S2. The smallest absolute Gasteiger partial charge is 0.335 e. The minimum atomic E-state index is -4.10. The van der Waals surface area contributed by atoms with Crippen LogP contribution in [0.1, 0.15) is 15.9 Å². The highest BCUT2D eigenvalue weighted by atomic mass is 32.2. The number of carboxylic acids is 1. The normalized spacial score (nSPS) is 11.3. The molecule has 39 heavy (non-hydrogen) atoms. The number of carbonyl (C=O) groups is 1. The molecule has 0 saturated heterocycles. The van der Waals surface area contributed by atoms with Gasteiger partial charge in [0.15, 0.2) is 0 Å². The molecule has 3 N–H and O–H groups in total. The first kappa shape index (κ1) is 26.0. The van der Waals surface area contributed by atoms with Crippen molar-refractivity contribution < 1.29 is 23.4 Å². The lowest BCUT2D eigenvalue weighted by atomic mass is 10.1. The van der Waals surface area contributed by atoms with Gasteiger partial charge in [0, 0.05) is 0 Å². The first-order valence-corrected chi connectivity index (χ1v) is 14.0. The van der Waals surface area contributed by atoms with Crippen LogP contribution in [-0.2, 0) is 16.6 Å². The second-order valence-corrected chi connectivity index (χ2v) is 11.5. The number of anilines is 1. The molecule has 10 heteroatoms. The molecule has 5 rings (SSSR count). The summed E-state index contributed by atoms with van der Waals surface area (Å²) in [5.41, 5.74) is 3.18. The zero-order valence-electron chi connectivity index (χ0n) is 20.3. The first-order chi connectivity index (χ1) is 18.7. The number of thiazole rings is 1.